The first-order chi connectivity index (χ1) is 12.7. The number of unbranched alkanes of at least 4 members (excludes halogenated alkanes) is 1. The Morgan fingerprint density at radius 1 is 1.04 bits per heavy atom. The van der Waals surface area contributed by atoms with Crippen LogP contribution in [0.5, 0.6) is 0 Å². The van der Waals surface area contributed by atoms with Crippen molar-refractivity contribution in [2.24, 2.45) is 0 Å². The highest BCUT2D eigenvalue weighted by atomic mass is 16.2. The number of nitrogens with zero attached hydrogens (tertiary/aromatic N) is 3. The first-order valence-electron chi connectivity index (χ1n) is 10.0. The van der Waals surface area contributed by atoms with Crippen LogP contribution < -0.4 is 0 Å². The van der Waals surface area contributed by atoms with E-state index in [-0.39, 0.29) is 11.8 Å². The van der Waals surface area contributed by atoms with E-state index in [1.165, 1.54) is 18.4 Å². The van der Waals surface area contributed by atoms with E-state index in [0.717, 1.165) is 44.7 Å². The fourth-order valence-corrected chi connectivity index (χ4v) is 4.05. The SMILES string of the molecule is CCCCN1CCN(C(=O)C2c3ccccc3CCN2C(=O)CC)CC1. The Balaban J connectivity index is 1.76. The zero-order valence-electron chi connectivity index (χ0n) is 16.1. The van der Waals surface area contributed by atoms with Crippen LogP contribution in [0.1, 0.15) is 50.3 Å². The Morgan fingerprint density at radius 2 is 1.77 bits per heavy atom. The van der Waals surface area contributed by atoms with Gasteiger partial charge in [0, 0.05) is 39.1 Å². The molecular weight excluding hydrogens is 326 g/mol. The molecule has 0 radical (unpaired) electrons. The molecule has 2 amide bonds. The minimum Gasteiger partial charge on any atom is -0.338 e. The Hall–Kier alpha value is -1.88. The lowest BCUT2D eigenvalue weighted by Gasteiger charge is -2.41. The van der Waals surface area contributed by atoms with Crippen molar-refractivity contribution in [1.29, 1.82) is 0 Å². The van der Waals surface area contributed by atoms with E-state index in [2.05, 4.69) is 17.9 Å². The maximum absolute atomic E-state index is 13.4. The molecule has 2 aliphatic heterocycles. The van der Waals surface area contributed by atoms with Crippen LogP contribution in [-0.4, -0.2) is 65.8 Å². The van der Waals surface area contributed by atoms with Crippen LogP contribution in [0.2, 0.25) is 0 Å². The number of carbonyl (C=O) groups excluding carboxylic acids is 2. The van der Waals surface area contributed by atoms with Gasteiger partial charge in [0.15, 0.2) is 0 Å². The van der Waals surface area contributed by atoms with Crippen LogP contribution in [0, 0.1) is 0 Å². The number of hydrogen-bond donors (Lipinski definition) is 0. The van der Waals surface area contributed by atoms with Crippen molar-refractivity contribution >= 4 is 11.8 Å². The molecule has 0 bridgehead atoms. The molecule has 5 heteroatoms. The molecule has 1 aromatic rings. The maximum Gasteiger partial charge on any atom is 0.250 e. The number of fused-ring (bicyclic) bond motifs is 1. The molecule has 5 nitrogen and oxygen atoms in total. The van der Waals surface area contributed by atoms with E-state index < -0.39 is 6.04 Å². The van der Waals surface area contributed by atoms with Crippen molar-refractivity contribution in [2.75, 3.05) is 39.3 Å². The van der Waals surface area contributed by atoms with Crippen molar-refractivity contribution < 1.29 is 9.59 Å². The molecule has 1 saturated heterocycles. The summed E-state index contributed by atoms with van der Waals surface area (Å²) in [5.74, 6) is 0.161. The third-order valence-electron chi connectivity index (χ3n) is 5.65. The molecule has 0 aliphatic carbocycles. The van der Waals surface area contributed by atoms with Crippen LogP contribution in [0.25, 0.3) is 0 Å². The number of piperazine rings is 1. The van der Waals surface area contributed by atoms with E-state index in [4.69, 9.17) is 0 Å². The van der Waals surface area contributed by atoms with Crippen LogP contribution in [0.15, 0.2) is 24.3 Å². The fourth-order valence-electron chi connectivity index (χ4n) is 4.05. The minimum absolute atomic E-state index is 0.0689. The largest absolute Gasteiger partial charge is 0.338 e. The van der Waals surface area contributed by atoms with Gasteiger partial charge in [0.1, 0.15) is 6.04 Å². The van der Waals surface area contributed by atoms with Crippen molar-refractivity contribution in [3.05, 3.63) is 35.4 Å². The molecule has 2 aliphatic rings. The third-order valence-corrected chi connectivity index (χ3v) is 5.65. The van der Waals surface area contributed by atoms with Gasteiger partial charge >= 0.3 is 0 Å². The molecule has 142 valence electrons. The minimum atomic E-state index is -0.449. The monoisotopic (exact) mass is 357 g/mol. The first-order valence-corrected chi connectivity index (χ1v) is 10.0. The zero-order chi connectivity index (χ0) is 18.5. The molecule has 1 fully saturated rings. The molecular formula is C21H31N3O2. The molecule has 2 heterocycles. The summed E-state index contributed by atoms with van der Waals surface area (Å²) in [6, 6.07) is 7.65. The average molecular weight is 357 g/mol. The van der Waals surface area contributed by atoms with Gasteiger partial charge < -0.3 is 9.80 Å². The van der Waals surface area contributed by atoms with E-state index in [1.807, 2.05) is 30.0 Å². The van der Waals surface area contributed by atoms with Gasteiger partial charge in [-0.05, 0) is 30.5 Å². The lowest BCUT2D eigenvalue weighted by Crippen LogP contribution is -2.54. The molecule has 1 aromatic carbocycles. The molecule has 1 atom stereocenters. The lowest BCUT2D eigenvalue weighted by molar-refractivity contribution is -0.147. The highest BCUT2D eigenvalue weighted by molar-refractivity contribution is 5.89. The third kappa shape index (κ3) is 3.93. The summed E-state index contributed by atoms with van der Waals surface area (Å²) in [7, 11) is 0. The van der Waals surface area contributed by atoms with E-state index in [9.17, 15) is 9.59 Å². The molecule has 0 spiro atoms. The topological polar surface area (TPSA) is 43.9 Å². The number of amides is 2. The molecule has 0 N–H and O–H groups in total. The Bertz CT molecular complexity index is 638. The van der Waals surface area contributed by atoms with Crippen LogP contribution >= 0.6 is 0 Å². The van der Waals surface area contributed by atoms with E-state index in [1.54, 1.807) is 4.90 Å². The van der Waals surface area contributed by atoms with Gasteiger partial charge in [-0.25, -0.2) is 0 Å². The first kappa shape index (κ1) is 18.9. The van der Waals surface area contributed by atoms with Gasteiger partial charge in [0.2, 0.25) is 11.8 Å². The van der Waals surface area contributed by atoms with Crippen molar-refractivity contribution in [3.8, 4) is 0 Å². The van der Waals surface area contributed by atoms with Crippen LogP contribution in [-0.2, 0) is 16.0 Å². The quantitative estimate of drug-likeness (QED) is 0.813. The standard InChI is InChI=1S/C21H31N3O2/c1-3-5-11-22-13-15-23(16-14-22)21(26)20-18-9-7-6-8-17(18)10-12-24(20)19(25)4-2/h6-9,20H,3-5,10-16H2,1-2H3. The van der Waals surface area contributed by atoms with E-state index >= 15 is 0 Å². The van der Waals surface area contributed by atoms with E-state index in [0.29, 0.717) is 13.0 Å². The summed E-state index contributed by atoms with van der Waals surface area (Å²) < 4.78 is 0. The summed E-state index contributed by atoms with van der Waals surface area (Å²) in [6.45, 7) is 9.21. The second-order valence-electron chi connectivity index (χ2n) is 7.31. The second-order valence-corrected chi connectivity index (χ2v) is 7.31. The number of hydrogen-bond acceptors (Lipinski definition) is 3. The molecule has 0 aromatic heterocycles. The molecule has 3 rings (SSSR count). The average Bonchev–Trinajstić information content (AvgIpc) is 2.70. The van der Waals surface area contributed by atoms with Crippen LogP contribution in [0.4, 0.5) is 0 Å². The Morgan fingerprint density at radius 3 is 2.46 bits per heavy atom. The fraction of sp³-hybridized carbons (Fsp3) is 0.619. The predicted molar refractivity (Wildman–Crippen MR) is 103 cm³/mol. The zero-order valence-corrected chi connectivity index (χ0v) is 16.1. The van der Waals surface area contributed by atoms with Gasteiger partial charge in [0.05, 0.1) is 0 Å². The number of rotatable bonds is 5. The summed E-state index contributed by atoms with van der Waals surface area (Å²) in [6.07, 6.45) is 3.68. The van der Waals surface area contributed by atoms with Crippen molar-refractivity contribution in [2.45, 2.75) is 45.6 Å². The molecule has 0 saturated carbocycles. The molecule has 1 unspecified atom stereocenters. The second kappa shape index (κ2) is 8.67. The van der Waals surface area contributed by atoms with Crippen LogP contribution in [0.3, 0.4) is 0 Å². The summed E-state index contributed by atoms with van der Waals surface area (Å²) in [4.78, 5) is 32.1. The highest BCUT2D eigenvalue weighted by Crippen LogP contribution is 2.32. The van der Waals surface area contributed by atoms with Gasteiger partial charge in [-0.15, -0.1) is 0 Å². The van der Waals surface area contributed by atoms with Gasteiger partial charge in [-0.1, -0.05) is 44.5 Å². The summed E-state index contributed by atoms with van der Waals surface area (Å²) in [5.41, 5.74) is 2.21. The van der Waals surface area contributed by atoms with Gasteiger partial charge in [0.25, 0.3) is 0 Å². The summed E-state index contributed by atoms with van der Waals surface area (Å²) >= 11 is 0. The predicted octanol–water partition coefficient (Wildman–Crippen LogP) is 2.47. The van der Waals surface area contributed by atoms with Crippen molar-refractivity contribution in [3.63, 3.8) is 0 Å². The number of carbonyl (C=O) groups is 2. The Kier molecular flexibility index (Phi) is 6.30. The molecule has 26 heavy (non-hydrogen) atoms. The van der Waals surface area contributed by atoms with Gasteiger partial charge in [-0.2, -0.15) is 0 Å². The normalized spacial score (nSPS) is 20.8. The highest BCUT2D eigenvalue weighted by Gasteiger charge is 2.38. The summed E-state index contributed by atoms with van der Waals surface area (Å²) in [5, 5.41) is 0. The van der Waals surface area contributed by atoms with Gasteiger partial charge in [-0.3, -0.25) is 14.5 Å². The smallest absolute Gasteiger partial charge is 0.250 e. The lowest BCUT2D eigenvalue weighted by atomic mass is 9.91. The maximum atomic E-state index is 13.4. The number of benzene rings is 1. The van der Waals surface area contributed by atoms with Crippen molar-refractivity contribution in [1.82, 2.24) is 14.7 Å². The Labute approximate surface area is 156 Å².